The van der Waals surface area contributed by atoms with Gasteiger partial charge in [0, 0.05) is 39.4 Å². The number of aromatic nitrogens is 1. The van der Waals surface area contributed by atoms with Gasteiger partial charge in [-0.25, -0.2) is 4.98 Å². The molecule has 1 aromatic carbocycles. The normalized spacial score (nSPS) is 17.9. The van der Waals surface area contributed by atoms with E-state index in [0.717, 1.165) is 30.0 Å². The Hall–Kier alpha value is -3.15. The lowest BCUT2D eigenvalue weighted by molar-refractivity contribution is -0.135. The average molecular weight is 362 g/mol. The van der Waals surface area contributed by atoms with Gasteiger partial charge < -0.3 is 9.80 Å². The number of benzene rings is 1. The molecule has 0 spiro atoms. The number of pyridine rings is 1. The van der Waals surface area contributed by atoms with E-state index in [0.29, 0.717) is 24.4 Å². The first-order valence-corrected chi connectivity index (χ1v) is 9.11. The van der Waals surface area contributed by atoms with E-state index in [1.54, 1.807) is 13.2 Å². The van der Waals surface area contributed by atoms with Crippen LogP contribution in [0.15, 0.2) is 54.4 Å². The molecule has 2 amide bonds. The van der Waals surface area contributed by atoms with Crippen LogP contribution in [0.3, 0.4) is 0 Å². The summed E-state index contributed by atoms with van der Waals surface area (Å²) in [6.45, 7) is 4.87. The van der Waals surface area contributed by atoms with Crippen LogP contribution in [-0.4, -0.2) is 59.8 Å². The molecule has 3 heterocycles. The van der Waals surface area contributed by atoms with Gasteiger partial charge in [0.1, 0.15) is 11.5 Å². The number of anilines is 1. The first-order valence-electron chi connectivity index (χ1n) is 9.11. The van der Waals surface area contributed by atoms with Gasteiger partial charge in [0.15, 0.2) is 0 Å². The maximum Gasteiger partial charge on any atom is 0.277 e. The molecular formula is C21H22N4O2. The van der Waals surface area contributed by atoms with Crippen LogP contribution in [0, 0.1) is 6.92 Å². The summed E-state index contributed by atoms with van der Waals surface area (Å²) in [7, 11) is 1.55. The number of piperazine rings is 1. The van der Waals surface area contributed by atoms with Crippen molar-refractivity contribution in [1.29, 1.82) is 0 Å². The standard InChI is InChI=1S/C21H22N4O2/c1-15-6-8-16(9-7-15)18-19(21(27)23(2)20(18)26)25-13-11-24(12-14-25)17-5-3-4-10-22-17/h3-10H,11-14H2,1-2H3. The molecule has 0 saturated carbocycles. The van der Waals surface area contributed by atoms with Crippen molar-refractivity contribution >= 4 is 23.2 Å². The highest BCUT2D eigenvalue weighted by Crippen LogP contribution is 2.31. The second-order valence-corrected chi connectivity index (χ2v) is 6.92. The van der Waals surface area contributed by atoms with Gasteiger partial charge in [-0.15, -0.1) is 0 Å². The highest BCUT2D eigenvalue weighted by atomic mass is 16.2. The lowest BCUT2D eigenvalue weighted by Gasteiger charge is -2.37. The Morgan fingerprint density at radius 2 is 1.52 bits per heavy atom. The molecular weight excluding hydrogens is 340 g/mol. The van der Waals surface area contributed by atoms with E-state index in [4.69, 9.17) is 0 Å². The minimum atomic E-state index is -0.231. The van der Waals surface area contributed by atoms with E-state index in [-0.39, 0.29) is 11.8 Å². The summed E-state index contributed by atoms with van der Waals surface area (Å²) in [5.74, 6) is 0.490. The maximum absolute atomic E-state index is 12.8. The van der Waals surface area contributed by atoms with Crippen LogP contribution in [0.5, 0.6) is 0 Å². The fourth-order valence-corrected chi connectivity index (χ4v) is 3.60. The molecule has 1 fully saturated rings. The lowest BCUT2D eigenvalue weighted by atomic mass is 10.0. The fraction of sp³-hybridized carbons (Fsp3) is 0.286. The number of hydrogen-bond donors (Lipinski definition) is 0. The molecule has 2 aliphatic heterocycles. The van der Waals surface area contributed by atoms with Crippen molar-refractivity contribution < 1.29 is 9.59 Å². The summed E-state index contributed by atoms with van der Waals surface area (Å²) in [5, 5.41) is 0. The largest absolute Gasteiger partial charge is 0.363 e. The number of hydrogen-bond acceptors (Lipinski definition) is 5. The van der Waals surface area contributed by atoms with Crippen LogP contribution < -0.4 is 4.90 Å². The van der Waals surface area contributed by atoms with Gasteiger partial charge in [-0.1, -0.05) is 35.9 Å². The smallest absolute Gasteiger partial charge is 0.277 e. The van der Waals surface area contributed by atoms with E-state index < -0.39 is 0 Å². The molecule has 138 valence electrons. The first kappa shape index (κ1) is 17.3. The molecule has 1 saturated heterocycles. The van der Waals surface area contributed by atoms with Crippen molar-refractivity contribution in [3.05, 3.63) is 65.5 Å². The Morgan fingerprint density at radius 3 is 2.15 bits per heavy atom. The predicted molar refractivity (Wildman–Crippen MR) is 104 cm³/mol. The quantitative estimate of drug-likeness (QED) is 0.781. The number of imide groups is 1. The highest BCUT2D eigenvalue weighted by Gasteiger charge is 2.40. The molecule has 1 aromatic heterocycles. The van der Waals surface area contributed by atoms with Crippen molar-refractivity contribution in [1.82, 2.24) is 14.8 Å². The summed E-state index contributed by atoms with van der Waals surface area (Å²) >= 11 is 0. The van der Waals surface area contributed by atoms with Crippen molar-refractivity contribution in [2.75, 3.05) is 38.1 Å². The van der Waals surface area contributed by atoms with Gasteiger partial charge in [0.05, 0.1) is 5.57 Å². The number of nitrogens with zero attached hydrogens (tertiary/aromatic N) is 4. The van der Waals surface area contributed by atoms with Crippen molar-refractivity contribution in [2.45, 2.75) is 6.92 Å². The maximum atomic E-state index is 12.8. The van der Waals surface area contributed by atoms with Crippen LogP contribution in [0.25, 0.3) is 5.57 Å². The summed E-state index contributed by atoms with van der Waals surface area (Å²) in [5.41, 5.74) is 2.95. The predicted octanol–water partition coefficient (Wildman–Crippen LogP) is 1.92. The molecule has 0 bridgehead atoms. The minimum absolute atomic E-state index is 0.220. The van der Waals surface area contributed by atoms with Crippen LogP contribution in [0.1, 0.15) is 11.1 Å². The molecule has 27 heavy (non-hydrogen) atoms. The van der Waals surface area contributed by atoms with E-state index in [9.17, 15) is 9.59 Å². The third kappa shape index (κ3) is 3.07. The summed E-state index contributed by atoms with van der Waals surface area (Å²) in [4.78, 5) is 35.4. The zero-order valence-electron chi connectivity index (χ0n) is 15.6. The molecule has 0 unspecified atom stereocenters. The third-order valence-corrected chi connectivity index (χ3v) is 5.17. The molecule has 6 nitrogen and oxygen atoms in total. The number of aryl methyl sites for hydroxylation is 1. The molecule has 0 aliphatic carbocycles. The molecule has 0 radical (unpaired) electrons. The highest BCUT2D eigenvalue weighted by molar-refractivity contribution is 6.35. The second-order valence-electron chi connectivity index (χ2n) is 6.92. The Balaban J connectivity index is 1.63. The number of rotatable bonds is 3. The Labute approximate surface area is 158 Å². The summed E-state index contributed by atoms with van der Waals surface area (Å²) in [6.07, 6.45) is 1.79. The van der Waals surface area contributed by atoms with Gasteiger partial charge in [0.25, 0.3) is 11.8 Å². The number of carbonyl (C=O) groups excluding carboxylic acids is 2. The zero-order chi connectivity index (χ0) is 19.0. The minimum Gasteiger partial charge on any atom is -0.363 e. The molecule has 0 atom stereocenters. The second kappa shape index (κ2) is 6.87. The van der Waals surface area contributed by atoms with Crippen molar-refractivity contribution in [3.63, 3.8) is 0 Å². The lowest BCUT2D eigenvalue weighted by Crippen LogP contribution is -2.47. The summed E-state index contributed by atoms with van der Waals surface area (Å²) in [6, 6.07) is 13.6. The van der Waals surface area contributed by atoms with Crippen molar-refractivity contribution in [3.8, 4) is 0 Å². The van der Waals surface area contributed by atoms with E-state index in [2.05, 4.69) is 9.88 Å². The Kier molecular flexibility index (Phi) is 4.39. The Morgan fingerprint density at radius 1 is 0.852 bits per heavy atom. The molecule has 0 N–H and O–H groups in total. The van der Waals surface area contributed by atoms with Gasteiger partial charge in [-0.2, -0.15) is 0 Å². The topological polar surface area (TPSA) is 56.8 Å². The monoisotopic (exact) mass is 362 g/mol. The van der Waals surface area contributed by atoms with Crippen LogP contribution >= 0.6 is 0 Å². The number of carbonyl (C=O) groups is 2. The zero-order valence-corrected chi connectivity index (χ0v) is 15.6. The SMILES string of the molecule is Cc1ccc(C2=C(N3CCN(c4ccccn4)CC3)C(=O)N(C)C2=O)cc1. The molecule has 4 rings (SSSR count). The molecule has 6 heteroatoms. The van der Waals surface area contributed by atoms with Crippen LogP contribution in [0.4, 0.5) is 5.82 Å². The Bertz CT molecular complexity index is 898. The van der Waals surface area contributed by atoms with E-state index in [1.807, 2.05) is 54.3 Å². The van der Waals surface area contributed by atoms with Gasteiger partial charge in [-0.3, -0.25) is 14.5 Å². The molecule has 2 aliphatic rings. The molecule has 2 aromatic rings. The first-order chi connectivity index (χ1) is 13.1. The van der Waals surface area contributed by atoms with Crippen molar-refractivity contribution in [2.24, 2.45) is 0 Å². The summed E-state index contributed by atoms with van der Waals surface area (Å²) < 4.78 is 0. The van der Waals surface area contributed by atoms with Gasteiger partial charge in [-0.05, 0) is 24.6 Å². The van der Waals surface area contributed by atoms with Crippen LogP contribution in [0.2, 0.25) is 0 Å². The van der Waals surface area contributed by atoms with Gasteiger partial charge in [0.2, 0.25) is 0 Å². The third-order valence-electron chi connectivity index (χ3n) is 5.17. The van der Waals surface area contributed by atoms with E-state index >= 15 is 0 Å². The number of amides is 2. The van der Waals surface area contributed by atoms with E-state index in [1.165, 1.54) is 4.90 Å². The number of likely N-dealkylation sites (N-methyl/N-ethyl adjacent to an activating group) is 1. The van der Waals surface area contributed by atoms with Gasteiger partial charge >= 0.3 is 0 Å². The fourth-order valence-electron chi connectivity index (χ4n) is 3.60. The van der Waals surface area contributed by atoms with Crippen LogP contribution in [-0.2, 0) is 9.59 Å². The average Bonchev–Trinajstić information content (AvgIpc) is 2.93.